The third kappa shape index (κ3) is 1.50. The van der Waals surface area contributed by atoms with Gasteiger partial charge in [-0.3, -0.25) is 0 Å². The highest BCUT2D eigenvalue weighted by Gasteiger charge is 2.30. The Balaban J connectivity index is 2.42. The maximum Gasteiger partial charge on any atom is 0.160 e. The summed E-state index contributed by atoms with van der Waals surface area (Å²) in [6.45, 7) is 5.29. The van der Waals surface area contributed by atoms with Crippen LogP contribution >= 0.6 is 0 Å². The largest absolute Gasteiger partial charge is 0.356 e. The van der Waals surface area contributed by atoms with Crippen LogP contribution in [-0.2, 0) is 9.47 Å². The van der Waals surface area contributed by atoms with Crippen LogP contribution in [0.2, 0.25) is 0 Å². The van der Waals surface area contributed by atoms with Crippen molar-refractivity contribution in [3.63, 3.8) is 0 Å². The fraction of sp³-hybridized carbons (Fsp3) is 1.00. The summed E-state index contributed by atoms with van der Waals surface area (Å²) in [5.74, 6) is 1.28. The summed E-state index contributed by atoms with van der Waals surface area (Å²) in [6, 6.07) is 0. The predicted octanol–water partition coefficient (Wildman–Crippen LogP) is 1.65. The molecule has 0 aromatic rings. The summed E-state index contributed by atoms with van der Waals surface area (Å²) in [5.41, 5.74) is 0. The smallest absolute Gasteiger partial charge is 0.160 e. The first-order valence-corrected chi connectivity index (χ1v) is 3.90. The summed E-state index contributed by atoms with van der Waals surface area (Å²) in [4.78, 5) is 0. The van der Waals surface area contributed by atoms with E-state index in [2.05, 4.69) is 13.8 Å². The number of rotatable bonds is 2. The van der Waals surface area contributed by atoms with Gasteiger partial charge in [0.05, 0.1) is 6.61 Å². The maximum absolute atomic E-state index is 5.35. The van der Waals surface area contributed by atoms with Crippen molar-refractivity contribution in [1.29, 1.82) is 0 Å². The fourth-order valence-corrected chi connectivity index (χ4v) is 1.47. The number of ether oxygens (including phenoxy) is 2. The van der Waals surface area contributed by atoms with Crippen LogP contribution in [0.5, 0.6) is 0 Å². The van der Waals surface area contributed by atoms with Gasteiger partial charge in [0.15, 0.2) is 6.29 Å². The molecule has 0 saturated carbocycles. The Morgan fingerprint density at radius 2 is 2.20 bits per heavy atom. The number of methoxy groups -OCH3 is 1. The van der Waals surface area contributed by atoms with Crippen molar-refractivity contribution in [3.8, 4) is 0 Å². The van der Waals surface area contributed by atoms with Crippen molar-refractivity contribution in [1.82, 2.24) is 0 Å². The zero-order valence-corrected chi connectivity index (χ0v) is 6.96. The Bertz CT molecular complexity index is 101. The van der Waals surface area contributed by atoms with Crippen molar-refractivity contribution >= 4 is 0 Å². The molecule has 0 amide bonds. The van der Waals surface area contributed by atoms with E-state index in [1.807, 2.05) is 0 Å². The molecule has 1 aliphatic heterocycles. The number of hydrogen-bond donors (Lipinski definition) is 0. The molecular weight excluding hydrogens is 128 g/mol. The van der Waals surface area contributed by atoms with Gasteiger partial charge in [0.25, 0.3) is 0 Å². The van der Waals surface area contributed by atoms with Gasteiger partial charge in [0.2, 0.25) is 0 Å². The minimum absolute atomic E-state index is 0.0556. The molecule has 60 valence electrons. The Morgan fingerprint density at radius 3 is 2.60 bits per heavy atom. The first-order chi connectivity index (χ1) is 4.75. The normalized spacial score (nSPS) is 33.6. The second-order valence-corrected chi connectivity index (χ2v) is 3.17. The van der Waals surface area contributed by atoms with E-state index in [1.165, 1.54) is 0 Å². The monoisotopic (exact) mass is 144 g/mol. The van der Waals surface area contributed by atoms with Gasteiger partial charge >= 0.3 is 0 Å². The third-order valence-corrected chi connectivity index (χ3v) is 2.17. The summed E-state index contributed by atoms with van der Waals surface area (Å²) in [5, 5.41) is 0. The third-order valence-electron chi connectivity index (χ3n) is 2.17. The Morgan fingerprint density at radius 1 is 1.50 bits per heavy atom. The number of hydrogen-bond acceptors (Lipinski definition) is 2. The molecule has 0 spiro atoms. The zero-order valence-electron chi connectivity index (χ0n) is 6.96. The molecule has 2 atom stereocenters. The van der Waals surface area contributed by atoms with Gasteiger partial charge in [0, 0.05) is 13.0 Å². The predicted molar refractivity (Wildman–Crippen MR) is 39.7 cm³/mol. The minimum atomic E-state index is 0.0556. The lowest BCUT2D eigenvalue weighted by Gasteiger charge is -2.19. The van der Waals surface area contributed by atoms with Crippen molar-refractivity contribution in [2.45, 2.75) is 26.6 Å². The lowest BCUT2D eigenvalue weighted by Crippen LogP contribution is -2.22. The van der Waals surface area contributed by atoms with Crippen LogP contribution in [0.3, 0.4) is 0 Å². The van der Waals surface area contributed by atoms with Gasteiger partial charge in [-0.15, -0.1) is 0 Å². The summed E-state index contributed by atoms with van der Waals surface area (Å²) < 4.78 is 10.5. The minimum Gasteiger partial charge on any atom is -0.356 e. The Labute approximate surface area is 62.5 Å². The lowest BCUT2D eigenvalue weighted by atomic mass is 9.94. The molecule has 0 N–H and O–H groups in total. The van der Waals surface area contributed by atoms with Gasteiger partial charge in [-0.25, -0.2) is 0 Å². The molecule has 2 nitrogen and oxygen atoms in total. The second kappa shape index (κ2) is 3.35. The van der Waals surface area contributed by atoms with E-state index in [-0.39, 0.29) is 6.29 Å². The Hall–Kier alpha value is -0.0800. The van der Waals surface area contributed by atoms with Crippen LogP contribution in [0.15, 0.2) is 0 Å². The molecule has 1 fully saturated rings. The van der Waals surface area contributed by atoms with Crippen LogP contribution in [0.25, 0.3) is 0 Å². The van der Waals surface area contributed by atoms with Crippen LogP contribution in [0, 0.1) is 11.8 Å². The van der Waals surface area contributed by atoms with Gasteiger partial charge in [0.1, 0.15) is 0 Å². The average Bonchev–Trinajstić information content (AvgIpc) is 2.33. The molecule has 1 aliphatic rings. The van der Waals surface area contributed by atoms with Gasteiger partial charge in [-0.1, -0.05) is 13.8 Å². The highest BCUT2D eigenvalue weighted by Crippen LogP contribution is 2.27. The first-order valence-electron chi connectivity index (χ1n) is 3.90. The topological polar surface area (TPSA) is 18.5 Å². The molecule has 0 aromatic heterocycles. The van der Waals surface area contributed by atoms with Crippen LogP contribution < -0.4 is 0 Å². The summed E-state index contributed by atoms with van der Waals surface area (Å²) in [6.07, 6.45) is 1.20. The summed E-state index contributed by atoms with van der Waals surface area (Å²) in [7, 11) is 1.71. The second-order valence-electron chi connectivity index (χ2n) is 3.17. The molecule has 1 saturated heterocycles. The summed E-state index contributed by atoms with van der Waals surface area (Å²) >= 11 is 0. The van der Waals surface area contributed by atoms with E-state index >= 15 is 0 Å². The molecule has 0 radical (unpaired) electrons. The highest BCUT2D eigenvalue weighted by molar-refractivity contribution is 4.71. The Kier molecular flexibility index (Phi) is 2.69. The van der Waals surface area contributed by atoms with Gasteiger partial charge < -0.3 is 9.47 Å². The molecule has 1 rings (SSSR count). The van der Waals surface area contributed by atoms with Crippen LogP contribution in [0.4, 0.5) is 0 Å². The molecule has 2 unspecified atom stereocenters. The quantitative estimate of drug-likeness (QED) is 0.586. The van der Waals surface area contributed by atoms with Crippen molar-refractivity contribution in [2.75, 3.05) is 13.7 Å². The van der Waals surface area contributed by atoms with Crippen molar-refractivity contribution in [2.24, 2.45) is 11.8 Å². The van der Waals surface area contributed by atoms with E-state index in [1.54, 1.807) is 7.11 Å². The molecule has 1 heterocycles. The molecular formula is C8H16O2. The van der Waals surface area contributed by atoms with Gasteiger partial charge in [-0.2, -0.15) is 0 Å². The van der Waals surface area contributed by atoms with E-state index in [0.29, 0.717) is 11.8 Å². The van der Waals surface area contributed by atoms with Crippen LogP contribution in [0.1, 0.15) is 20.3 Å². The highest BCUT2D eigenvalue weighted by atomic mass is 16.7. The zero-order chi connectivity index (χ0) is 7.56. The molecule has 10 heavy (non-hydrogen) atoms. The van der Waals surface area contributed by atoms with E-state index < -0.39 is 0 Å². The van der Waals surface area contributed by atoms with Crippen LogP contribution in [-0.4, -0.2) is 20.0 Å². The molecule has 0 aromatic carbocycles. The molecule has 0 aliphatic carbocycles. The van der Waals surface area contributed by atoms with E-state index in [9.17, 15) is 0 Å². The average molecular weight is 144 g/mol. The van der Waals surface area contributed by atoms with E-state index in [0.717, 1.165) is 13.0 Å². The first kappa shape index (κ1) is 8.02. The maximum atomic E-state index is 5.35. The standard InChI is InChI=1S/C8H16O2/c1-6(2)7-4-5-10-8(7)9-3/h6-8H,4-5H2,1-3H3. The van der Waals surface area contributed by atoms with Crippen molar-refractivity contribution < 1.29 is 9.47 Å². The molecule has 2 heteroatoms. The van der Waals surface area contributed by atoms with E-state index in [4.69, 9.17) is 9.47 Å². The fourth-order valence-electron chi connectivity index (χ4n) is 1.47. The van der Waals surface area contributed by atoms with Crippen molar-refractivity contribution in [3.05, 3.63) is 0 Å². The van der Waals surface area contributed by atoms with Gasteiger partial charge in [-0.05, 0) is 12.3 Å². The molecule has 0 bridgehead atoms. The SMILES string of the molecule is COC1OCCC1C(C)C. The lowest BCUT2D eigenvalue weighted by molar-refractivity contribution is -0.117.